The van der Waals surface area contributed by atoms with E-state index in [9.17, 15) is 12.6 Å². The normalized spacial score (nSPS) is 14.4. The van der Waals surface area contributed by atoms with E-state index in [0.717, 1.165) is 11.1 Å². The summed E-state index contributed by atoms with van der Waals surface area (Å²) in [6.45, 7) is 1.94. The second kappa shape index (κ2) is 11.6. The van der Waals surface area contributed by atoms with Crippen molar-refractivity contribution in [3.63, 3.8) is 0 Å². The van der Waals surface area contributed by atoms with Gasteiger partial charge < -0.3 is 0 Å². The molecule has 0 N–H and O–H groups in total. The number of hydrogen-bond acceptors (Lipinski definition) is 3. The van der Waals surface area contributed by atoms with Gasteiger partial charge in [-0.15, -0.1) is 0 Å². The molecule has 0 bridgehead atoms. The highest BCUT2D eigenvalue weighted by molar-refractivity contribution is 7.91. The molecule has 0 amide bonds. The van der Waals surface area contributed by atoms with Gasteiger partial charge in [-0.05, 0) is 42.8 Å². The first-order valence-electron chi connectivity index (χ1n) is 11.6. The van der Waals surface area contributed by atoms with Gasteiger partial charge in [-0.25, -0.2) is 17.0 Å². The second-order valence-electron chi connectivity index (χ2n) is 8.55. The van der Waals surface area contributed by atoms with Gasteiger partial charge in [0, 0.05) is 21.3 Å². The molecule has 0 heterocycles. The summed E-state index contributed by atoms with van der Waals surface area (Å²) in [4.78, 5) is 1.05. The predicted molar refractivity (Wildman–Crippen MR) is 144 cm³/mol. The molecule has 0 aromatic heterocycles. The van der Waals surface area contributed by atoms with Crippen LogP contribution in [0.5, 0.6) is 0 Å². The molecular weight excluding hydrogens is 491 g/mol. The smallest absolute Gasteiger partial charge is 0.179 e. The highest BCUT2D eigenvalue weighted by Crippen LogP contribution is 2.35. The molecule has 0 aliphatic heterocycles. The van der Waals surface area contributed by atoms with Crippen LogP contribution in [0.25, 0.3) is 6.08 Å². The number of alkyl halides is 1. The largest absolute Gasteiger partial charge is 0.249 e. The van der Waals surface area contributed by atoms with Gasteiger partial charge in [0.05, 0.1) is 21.4 Å². The molecule has 0 spiro atoms. The van der Waals surface area contributed by atoms with Crippen molar-refractivity contribution in [3.8, 4) is 0 Å². The van der Waals surface area contributed by atoms with E-state index in [2.05, 4.69) is 0 Å². The van der Waals surface area contributed by atoms with E-state index < -0.39 is 38.5 Å². The number of benzene rings is 4. The van der Waals surface area contributed by atoms with E-state index in [0.29, 0.717) is 9.79 Å². The second-order valence-corrected chi connectivity index (χ2v) is 12.0. The molecule has 0 aliphatic rings. The van der Waals surface area contributed by atoms with Gasteiger partial charge in [-0.3, -0.25) is 0 Å². The fourth-order valence-corrected chi connectivity index (χ4v) is 6.70. The Balaban J connectivity index is 1.72. The lowest BCUT2D eigenvalue weighted by atomic mass is 9.97. The minimum atomic E-state index is -3.77. The molecule has 36 heavy (non-hydrogen) atoms. The summed E-state index contributed by atoms with van der Waals surface area (Å²) in [5.74, 6) is -1.42. The number of rotatable bonds is 9. The molecule has 0 saturated heterocycles. The molecule has 3 atom stereocenters. The van der Waals surface area contributed by atoms with Crippen LogP contribution >= 0.6 is 0 Å². The Bertz CT molecular complexity index is 1450. The molecule has 4 aromatic rings. The number of sulfone groups is 1. The van der Waals surface area contributed by atoms with E-state index in [1.54, 1.807) is 66.7 Å². The van der Waals surface area contributed by atoms with E-state index in [4.69, 9.17) is 0 Å². The maximum atomic E-state index is 16.3. The highest BCUT2D eigenvalue weighted by atomic mass is 32.2. The molecule has 4 aromatic carbocycles. The Morgan fingerprint density at radius 3 is 2.06 bits per heavy atom. The van der Waals surface area contributed by atoms with Crippen molar-refractivity contribution in [2.45, 2.75) is 27.8 Å². The van der Waals surface area contributed by atoms with Crippen molar-refractivity contribution >= 4 is 26.7 Å². The Morgan fingerprint density at radius 2 is 1.39 bits per heavy atom. The van der Waals surface area contributed by atoms with E-state index in [1.165, 1.54) is 12.1 Å². The van der Waals surface area contributed by atoms with Crippen LogP contribution < -0.4 is 0 Å². The third kappa shape index (κ3) is 6.25. The number of halogens is 1. The van der Waals surface area contributed by atoms with Gasteiger partial charge >= 0.3 is 0 Å². The molecule has 0 fully saturated rings. The van der Waals surface area contributed by atoms with E-state index in [1.807, 2.05) is 49.4 Å². The number of hydrogen-bond donors (Lipinski definition) is 0. The maximum absolute atomic E-state index is 16.3. The van der Waals surface area contributed by atoms with E-state index >= 15 is 4.39 Å². The van der Waals surface area contributed by atoms with Crippen molar-refractivity contribution in [2.24, 2.45) is 5.92 Å². The van der Waals surface area contributed by atoms with Gasteiger partial charge in [0.25, 0.3) is 0 Å². The summed E-state index contributed by atoms with van der Waals surface area (Å²) >= 11 is 0. The molecule has 0 unspecified atom stereocenters. The molecular formula is C30H27FO3S2. The molecule has 4 rings (SSSR count). The lowest BCUT2D eigenvalue weighted by molar-refractivity contribution is 0.280. The fraction of sp³-hybridized carbons (Fsp3) is 0.133. The SMILES string of the molecule is Cc1ccc([S@](=O)c2ccccc2[C@H](F)[C@@H](/C=C/c2ccccc2)CS(=O)(=O)c2ccccc2)cc1. The van der Waals surface area contributed by atoms with Gasteiger partial charge in [-0.2, -0.15) is 0 Å². The molecule has 6 heteroatoms. The average molecular weight is 519 g/mol. The van der Waals surface area contributed by atoms with Crippen LogP contribution in [0.2, 0.25) is 0 Å². The summed E-state index contributed by atoms with van der Waals surface area (Å²) < 4.78 is 56.1. The van der Waals surface area contributed by atoms with Crippen LogP contribution in [0.3, 0.4) is 0 Å². The van der Waals surface area contributed by atoms with Gasteiger partial charge in [-0.1, -0.05) is 96.6 Å². The summed E-state index contributed by atoms with van der Waals surface area (Å²) in [6, 6.07) is 31.3. The maximum Gasteiger partial charge on any atom is 0.179 e. The average Bonchev–Trinajstić information content (AvgIpc) is 2.91. The van der Waals surface area contributed by atoms with Gasteiger partial charge in [0.1, 0.15) is 6.17 Å². The Morgan fingerprint density at radius 1 is 0.806 bits per heavy atom. The minimum absolute atomic E-state index is 0.145. The van der Waals surface area contributed by atoms with Crippen LogP contribution in [0.4, 0.5) is 4.39 Å². The van der Waals surface area contributed by atoms with Crippen molar-refractivity contribution in [2.75, 3.05) is 5.75 Å². The van der Waals surface area contributed by atoms with Gasteiger partial charge in [0.2, 0.25) is 0 Å². The minimum Gasteiger partial charge on any atom is -0.249 e. The zero-order valence-corrected chi connectivity index (χ0v) is 21.5. The zero-order valence-electron chi connectivity index (χ0n) is 19.8. The third-order valence-electron chi connectivity index (χ3n) is 5.88. The standard InChI is InChI=1S/C30H27FO3S2/c1-23-16-20-26(21-17-23)35(32)29-15-9-8-14-28(29)30(31)25(19-18-24-10-4-2-5-11-24)22-36(33,34)27-12-6-3-7-13-27/h2-21,25,30H,22H2,1H3/b19-18+/t25-,30+,35-/m0/s1. The van der Waals surface area contributed by atoms with E-state index in [-0.39, 0.29) is 10.5 Å². The first-order valence-corrected chi connectivity index (χ1v) is 14.4. The zero-order chi connectivity index (χ0) is 25.5. The number of allylic oxidation sites excluding steroid dienone is 1. The monoisotopic (exact) mass is 518 g/mol. The number of aryl methyl sites for hydroxylation is 1. The van der Waals surface area contributed by atoms with Crippen molar-refractivity contribution < 1.29 is 17.0 Å². The topological polar surface area (TPSA) is 51.2 Å². The lowest BCUT2D eigenvalue weighted by Crippen LogP contribution is -2.20. The Labute approximate surface area is 214 Å². The summed E-state index contributed by atoms with van der Waals surface area (Å²) in [6.07, 6.45) is 1.65. The van der Waals surface area contributed by atoms with Crippen molar-refractivity contribution in [1.29, 1.82) is 0 Å². The predicted octanol–water partition coefficient (Wildman–Crippen LogP) is 6.98. The van der Waals surface area contributed by atoms with Crippen molar-refractivity contribution in [1.82, 2.24) is 0 Å². The first kappa shape index (κ1) is 25.7. The Kier molecular flexibility index (Phi) is 8.28. The van der Waals surface area contributed by atoms with Crippen LogP contribution in [0.15, 0.2) is 130 Å². The van der Waals surface area contributed by atoms with Crippen molar-refractivity contribution in [3.05, 3.63) is 132 Å². The first-order chi connectivity index (χ1) is 17.3. The molecule has 3 nitrogen and oxygen atoms in total. The third-order valence-corrected chi connectivity index (χ3v) is 9.16. The highest BCUT2D eigenvalue weighted by Gasteiger charge is 2.30. The van der Waals surface area contributed by atoms with Crippen LogP contribution in [0, 0.1) is 12.8 Å². The molecule has 0 aliphatic carbocycles. The summed E-state index contributed by atoms with van der Waals surface area (Å²) in [5.41, 5.74) is 2.09. The molecule has 0 radical (unpaired) electrons. The van der Waals surface area contributed by atoms with Crippen LogP contribution in [0.1, 0.15) is 22.9 Å². The molecule has 0 saturated carbocycles. The van der Waals surface area contributed by atoms with Gasteiger partial charge in [0.15, 0.2) is 9.84 Å². The van der Waals surface area contributed by atoms with Crippen LogP contribution in [-0.4, -0.2) is 18.4 Å². The quantitative estimate of drug-likeness (QED) is 0.240. The lowest BCUT2D eigenvalue weighted by Gasteiger charge is -2.21. The summed E-state index contributed by atoms with van der Waals surface area (Å²) in [7, 11) is -5.39. The Hall–Kier alpha value is -3.35. The van der Waals surface area contributed by atoms with Crippen LogP contribution in [-0.2, 0) is 20.6 Å². The fourth-order valence-electron chi connectivity index (χ4n) is 3.91. The summed E-state index contributed by atoms with van der Waals surface area (Å²) in [5, 5.41) is 0. The molecule has 184 valence electrons.